The van der Waals surface area contributed by atoms with E-state index in [0.29, 0.717) is 5.92 Å². The van der Waals surface area contributed by atoms with Crippen molar-refractivity contribution in [2.45, 2.75) is 25.3 Å². The molecule has 2 aromatic carbocycles. The fraction of sp³-hybridized carbons (Fsp3) is 0.316. The molecular weight excluding hydrogens is 270 g/mol. The van der Waals surface area contributed by atoms with Gasteiger partial charge in [-0.2, -0.15) is 0 Å². The summed E-state index contributed by atoms with van der Waals surface area (Å²) in [4.78, 5) is 4.33. The summed E-state index contributed by atoms with van der Waals surface area (Å²) in [5, 5.41) is 6.90. The minimum atomic E-state index is 0.237. The zero-order chi connectivity index (χ0) is 15.4. The molecule has 2 unspecified atom stereocenters. The molecule has 114 valence electrons. The Balaban J connectivity index is 1.53. The van der Waals surface area contributed by atoms with Crippen molar-refractivity contribution < 1.29 is 0 Å². The van der Waals surface area contributed by atoms with Crippen LogP contribution in [0.5, 0.6) is 0 Å². The highest BCUT2D eigenvalue weighted by Gasteiger charge is 2.25. The van der Waals surface area contributed by atoms with Crippen LogP contribution in [-0.2, 0) is 6.42 Å². The van der Waals surface area contributed by atoms with Gasteiger partial charge in [-0.15, -0.1) is 0 Å². The van der Waals surface area contributed by atoms with Gasteiger partial charge in [-0.3, -0.25) is 4.99 Å². The molecule has 0 fully saturated rings. The second kappa shape index (κ2) is 6.65. The smallest absolute Gasteiger partial charge is 0.191 e. The standard InChI is InChI=1S/C19H23N3/c1-14(15-8-4-3-5-9-15)22-19(20-2)21-13-17-12-16-10-6-7-11-18(16)17/h3-11,14,17H,12-13H2,1-2H3,(H2,20,21,22). The minimum absolute atomic E-state index is 0.237. The van der Waals surface area contributed by atoms with Crippen LogP contribution in [-0.4, -0.2) is 19.6 Å². The maximum absolute atomic E-state index is 4.33. The number of aliphatic imine (C=N–C) groups is 1. The van der Waals surface area contributed by atoms with Crippen molar-refractivity contribution in [2.24, 2.45) is 4.99 Å². The summed E-state index contributed by atoms with van der Waals surface area (Å²) in [6, 6.07) is 19.4. The molecule has 0 amide bonds. The Hall–Kier alpha value is -2.29. The third-order valence-electron chi connectivity index (χ3n) is 4.35. The third-order valence-corrected chi connectivity index (χ3v) is 4.35. The van der Waals surface area contributed by atoms with E-state index in [9.17, 15) is 0 Å². The van der Waals surface area contributed by atoms with E-state index in [1.165, 1.54) is 16.7 Å². The Morgan fingerprint density at radius 2 is 1.86 bits per heavy atom. The summed E-state index contributed by atoms with van der Waals surface area (Å²) in [6.45, 7) is 3.08. The first kappa shape index (κ1) is 14.6. The van der Waals surface area contributed by atoms with Gasteiger partial charge in [0, 0.05) is 19.5 Å². The zero-order valence-electron chi connectivity index (χ0n) is 13.2. The molecule has 22 heavy (non-hydrogen) atoms. The largest absolute Gasteiger partial charge is 0.356 e. The van der Waals surface area contributed by atoms with Crippen LogP contribution in [0.3, 0.4) is 0 Å². The monoisotopic (exact) mass is 293 g/mol. The molecule has 0 radical (unpaired) electrons. The van der Waals surface area contributed by atoms with Crippen molar-refractivity contribution in [1.29, 1.82) is 0 Å². The SMILES string of the molecule is CN=C(NCC1Cc2ccccc21)NC(C)c1ccccc1. The molecule has 2 N–H and O–H groups in total. The van der Waals surface area contributed by atoms with E-state index in [2.05, 4.69) is 71.1 Å². The van der Waals surface area contributed by atoms with E-state index in [0.717, 1.165) is 18.9 Å². The Morgan fingerprint density at radius 1 is 1.14 bits per heavy atom. The van der Waals surface area contributed by atoms with Crippen molar-refractivity contribution in [3.05, 3.63) is 71.3 Å². The number of hydrogen-bond acceptors (Lipinski definition) is 1. The summed E-state index contributed by atoms with van der Waals surface area (Å²) >= 11 is 0. The van der Waals surface area contributed by atoms with Crippen LogP contribution < -0.4 is 10.6 Å². The van der Waals surface area contributed by atoms with Crippen LogP contribution in [0.15, 0.2) is 59.6 Å². The topological polar surface area (TPSA) is 36.4 Å². The molecule has 3 nitrogen and oxygen atoms in total. The van der Waals surface area contributed by atoms with Crippen molar-refractivity contribution in [3.63, 3.8) is 0 Å². The van der Waals surface area contributed by atoms with Gasteiger partial charge in [-0.25, -0.2) is 0 Å². The molecule has 1 aliphatic carbocycles. The summed E-state index contributed by atoms with van der Waals surface area (Å²) < 4.78 is 0. The molecule has 0 saturated carbocycles. The Labute approximate surface area is 132 Å². The van der Waals surface area contributed by atoms with Crippen LogP contribution in [0.4, 0.5) is 0 Å². The van der Waals surface area contributed by atoms with E-state index >= 15 is 0 Å². The molecule has 3 heteroatoms. The lowest BCUT2D eigenvalue weighted by Crippen LogP contribution is -2.42. The number of benzene rings is 2. The first-order valence-corrected chi connectivity index (χ1v) is 7.88. The molecule has 0 bridgehead atoms. The first-order chi connectivity index (χ1) is 10.8. The van der Waals surface area contributed by atoms with Crippen molar-refractivity contribution >= 4 is 5.96 Å². The number of nitrogens with zero attached hydrogens (tertiary/aromatic N) is 1. The van der Waals surface area contributed by atoms with Crippen LogP contribution in [0.25, 0.3) is 0 Å². The fourth-order valence-corrected chi connectivity index (χ4v) is 2.99. The molecule has 3 rings (SSSR count). The molecule has 2 atom stereocenters. The molecular formula is C19H23N3. The summed E-state index contributed by atoms with van der Waals surface area (Å²) in [5.41, 5.74) is 4.22. The normalized spacial score (nSPS) is 18.1. The predicted molar refractivity (Wildman–Crippen MR) is 92.2 cm³/mol. The Morgan fingerprint density at radius 3 is 2.59 bits per heavy atom. The quantitative estimate of drug-likeness (QED) is 0.670. The number of nitrogens with one attached hydrogen (secondary N) is 2. The summed E-state index contributed by atoms with van der Waals surface area (Å²) in [6.07, 6.45) is 1.16. The molecule has 2 aromatic rings. The van der Waals surface area contributed by atoms with Crippen molar-refractivity contribution in [3.8, 4) is 0 Å². The van der Waals surface area contributed by atoms with E-state index in [1.54, 1.807) is 0 Å². The second-order valence-corrected chi connectivity index (χ2v) is 5.83. The van der Waals surface area contributed by atoms with Crippen molar-refractivity contribution in [1.82, 2.24) is 10.6 Å². The van der Waals surface area contributed by atoms with Gasteiger partial charge in [0.1, 0.15) is 0 Å². The maximum Gasteiger partial charge on any atom is 0.191 e. The van der Waals surface area contributed by atoms with Gasteiger partial charge in [0.15, 0.2) is 5.96 Å². The lowest BCUT2D eigenvalue weighted by atomic mass is 9.78. The van der Waals surface area contributed by atoms with Crippen LogP contribution in [0.1, 0.15) is 35.6 Å². The average molecular weight is 293 g/mol. The molecule has 0 aromatic heterocycles. The molecule has 0 saturated heterocycles. The zero-order valence-corrected chi connectivity index (χ0v) is 13.2. The van der Waals surface area contributed by atoms with Crippen LogP contribution in [0.2, 0.25) is 0 Å². The highest BCUT2D eigenvalue weighted by atomic mass is 15.2. The lowest BCUT2D eigenvalue weighted by molar-refractivity contribution is 0.577. The van der Waals surface area contributed by atoms with E-state index in [1.807, 2.05) is 13.1 Å². The van der Waals surface area contributed by atoms with Gasteiger partial charge in [-0.1, -0.05) is 54.6 Å². The van der Waals surface area contributed by atoms with Gasteiger partial charge in [0.25, 0.3) is 0 Å². The van der Waals surface area contributed by atoms with Gasteiger partial charge in [0.05, 0.1) is 6.04 Å². The van der Waals surface area contributed by atoms with Crippen molar-refractivity contribution in [2.75, 3.05) is 13.6 Å². The highest BCUT2D eigenvalue weighted by Crippen LogP contribution is 2.33. The minimum Gasteiger partial charge on any atom is -0.356 e. The lowest BCUT2D eigenvalue weighted by Gasteiger charge is -2.31. The second-order valence-electron chi connectivity index (χ2n) is 5.83. The first-order valence-electron chi connectivity index (χ1n) is 7.88. The fourth-order valence-electron chi connectivity index (χ4n) is 2.99. The van der Waals surface area contributed by atoms with Gasteiger partial charge >= 0.3 is 0 Å². The molecule has 1 aliphatic rings. The van der Waals surface area contributed by atoms with Gasteiger partial charge < -0.3 is 10.6 Å². The number of fused-ring (bicyclic) bond motifs is 1. The van der Waals surface area contributed by atoms with E-state index in [-0.39, 0.29) is 6.04 Å². The number of hydrogen-bond donors (Lipinski definition) is 2. The predicted octanol–water partition coefficient (Wildman–Crippen LogP) is 3.25. The number of rotatable bonds is 4. The molecule has 0 aliphatic heterocycles. The van der Waals surface area contributed by atoms with Gasteiger partial charge in [0.2, 0.25) is 0 Å². The Bertz CT molecular complexity index is 649. The van der Waals surface area contributed by atoms with E-state index < -0.39 is 0 Å². The molecule has 0 spiro atoms. The highest BCUT2D eigenvalue weighted by molar-refractivity contribution is 5.80. The summed E-state index contributed by atoms with van der Waals surface area (Å²) in [7, 11) is 1.82. The maximum atomic E-state index is 4.33. The van der Waals surface area contributed by atoms with E-state index in [4.69, 9.17) is 0 Å². The Kier molecular flexibility index (Phi) is 4.42. The van der Waals surface area contributed by atoms with Gasteiger partial charge in [-0.05, 0) is 30.0 Å². The average Bonchev–Trinajstić information content (AvgIpc) is 2.55. The molecule has 0 heterocycles. The number of guanidine groups is 1. The van der Waals surface area contributed by atoms with Crippen LogP contribution >= 0.6 is 0 Å². The third kappa shape index (κ3) is 3.14. The van der Waals surface area contributed by atoms with Crippen LogP contribution in [0, 0.1) is 0 Å². The summed E-state index contributed by atoms with van der Waals surface area (Å²) in [5.74, 6) is 1.46.